The first-order valence-electron chi connectivity index (χ1n) is 6.94. The van der Waals surface area contributed by atoms with Crippen LogP contribution in [0.4, 0.5) is 0 Å². The Bertz CT molecular complexity index is 664. The van der Waals surface area contributed by atoms with E-state index in [1.165, 1.54) is 22.3 Å². The van der Waals surface area contributed by atoms with Crippen LogP contribution in [0.25, 0.3) is 0 Å². The highest BCUT2D eigenvalue weighted by Gasteiger charge is 2.46. The molecule has 1 saturated carbocycles. The van der Waals surface area contributed by atoms with Gasteiger partial charge >= 0.3 is 5.97 Å². The zero-order valence-corrected chi connectivity index (χ0v) is 11.8. The van der Waals surface area contributed by atoms with Crippen LogP contribution in [0.1, 0.15) is 45.5 Å². The summed E-state index contributed by atoms with van der Waals surface area (Å²) in [7, 11) is 0. The predicted molar refractivity (Wildman–Crippen MR) is 79.3 cm³/mol. The van der Waals surface area contributed by atoms with Crippen molar-refractivity contribution in [1.82, 2.24) is 0 Å². The Morgan fingerprint density at radius 3 is 2.20 bits per heavy atom. The largest absolute Gasteiger partial charge is 0.478 e. The lowest BCUT2D eigenvalue weighted by atomic mass is 9.84. The van der Waals surface area contributed by atoms with Crippen molar-refractivity contribution >= 4 is 5.97 Å². The molecule has 2 nitrogen and oxygen atoms in total. The average Bonchev–Trinajstić information content (AvgIpc) is 3.20. The summed E-state index contributed by atoms with van der Waals surface area (Å²) in [6.45, 7) is 4.27. The molecule has 0 aliphatic heterocycles. The van der Waals surface area contributed by atoms with Gasteiger partial charge in [-0.25, -0.2) is 4.79 Å². The molecule has 102 valence electrons. The van der Waals surface area contributed by atoms with Gasteiger partial charge in [0, 0.05) is 5.41 Å². The number of carboxylic acids is 1. The highest BCUT2D eigenvalue weighted by atomic mass is 16.4. The van der Waals surface area contributed by atoms with Crippen LogP contribution in [0.3, 0.4) is 0 Å². The number of hydrogen-bond acceptors (Lipinski definition) is 1. The summed E-state index contributed by atoms with van der Waals surface area (Å²) in [6, 6.07) is 14.0. The van der Waals surface area contributed by atoms with Gasteiger partial charge in [0.15, 0.2) is 0 Å². The van der Waals surface area contributed by atoms with E-state index in [9.17, 15) is 4.79 Å². The minimum atomic E-state index is -0.868. The molecule has 0 amide bonds. The number of hydrogen-bond donors (Lipinski definition) is 1. The molecule has 0 aromatic heterocycles. The Morgan fingerprint density at radius 2 is 1.70 bits per heavy atom. The summed E-state index contributed by atoms with van der Waals surface area (Å²) in [5.74, 6) is -0.868. The molecule has 3 rings (SSSR count). The summed E-state index contributed by atoms with van der Waals surface area (Å²) in [5, 5.41) is 8.99. The molecule has 0 unspecified atom stereocenters. The number of aryl methyl sites for hydroxylation is 2. The van der Waals surface area contributed by atoms with Crippen molar-refractivity contribution in [3.63, 3.8) is 0 Å². The molecule has 1 fully saturated rings. The van der Waals surface area contributed by atoms with Crippen LogP contribution in [0.15, 0.2) is 42.5 Å². The van der Waals surface area contributed by atoms with Crippen molar-refractivity contribution in [2.75, 3.05) is 0 Å². The first kappa shape index (κ1) is 12.9. The quantitative estimate of drug-likeness (QED) is 0.908. The maximum Gasteiger partial charge on any atom is 0.335 e. The van der Waals surface area contributed by atoms with Crippen molar-refractivity contribution in [1.29, 1.82) is 0 Å². The highest BCUT2D eigenvalue weighted by Crippen LogP contribution is 2.54. The van der Waals surface area contributed by atoms with Gasteiger partial charge in [-0.1, -0.05) is 35.9 Å². The van der Waals surface area contributed by atoms with Gasteiger partial charge in [0.1, 0.15) is 0 Å². The third-order valence-corrected chi connectivity index (χ3v) is 4.33. The zero-order chi connectivity index (χ0) is 14.3. The van der Waals surface area contributed by atoms with Crippen LogP contribution in [-0.2, 0) is 5.41 Å². The third-order valence-electron chi connectivity index (χ3n) is 4.33. The molecule has 2 aromatic carbocycles. The van der Waals surface area contributed by atoms with Crippen molar-refractivity contribution < 1.29 is 9.90 Å². The fraction of sp³-hybridized carbons (Fsp3) is 0.278. The van der Waals surface area contributed by atoms with E-state index >= 15 is 0 Å². The van der Waals surface area contributed by atoms with Crippen LogP contribution in [-0.4, -0.2) is 11.1 Å². The van der Waals surface area contributed by atoms with E-state index in [1.54, 1.807) is 12.1 Å². The van der Waals surface area contributed by atoms with Crippen LogP contribution in [0, 0.1) is 13.8 Å². The van der Waals surface area contributed by atoms with Gasteiger partial charge in [0.2, 0.25) is 0 Å². The molecule has 0 radical (unpaired) electrons. The van der Waals surface area contributed by atoms with Gasteiger partial charge in [-0.3, -0.25) is 0 Å². The Labute approximate surface area is 119 Å². The molecule has 1 N–H and O–H groups in total. The molecule has 0 heterocycles. The summed E-state index contributed by atoms with van der Waals surface area (Å²) < 4.78 is 0. The molecule has 20 heavy (non-hydrogen) atoms. The molecule has 0 atom stereocenters. The van der Waals surface area contributed by atoms with Gasteiger partial charge in [-0.05, 0) is 55.5 Å². The highest BCUT2D eigenvalue weighted by molar-refractivity contribution is 5.87. The van der Waals surface area contributed by atoms with Gasteiger partial charge in [-0.15, -0.1) is 0 Å². The minimum Gasteiger partial charge on any atom is -0.478 e. The Balaban J connectivity index is 2.02. The molecule has 0 spiro atoms. The number of rotatable bonds is 3. The Morgan fingerprint density at radius 1 is 1.05 bits per heavy atom. The van der Waals surface area contributed by atoms with E-state index < -0.39 is 5.97 Å². The molecule has 0 saturated heterocycles. The molecule has 2 heteroatoms. The van der Waals surface area contributed by atoms with Crippen LogP contribution in [0.2, 0.25) is 0 Å². The predicted octanol–water partition coefficient (Wildman–Crippen LogP) is 4.08. The summed E-state index contributed by atoms with van der Waals surface area (Å²) in [4.78, 5) is 10.9. The first-order chi connectivity index (χ1) is 9.53. The number of benzene rings is 2. The fourth-order valence-electron chi connectivity index (χ4n) is 3.12. The molecular formula is C18H18O2. The summed E-state index contributed by atoms with van der Waals surface area (Å²) in [5.41, 5.74) is 5.67. The van der Waals surface area contributed by atoms with E-state index in [0.717, 1.165) is 12.8 Å². The molecule has 2 aromatic rings. The Kier molecular flexibility index (Phi) is 2.89. The maximum atomic E-state index is 10.9. The van der Waals surface area contributed by atoms with E-state index in [0.29, 0.717) is 5.56 Å². The normalized spacial score (nSPS) is 15.9. The van der Waals surface area contributed by atoms with Crippen molar-refractivity contribution in [2.24, 2.45) is 0 Å². The van der Waals surface area contributed by atoms with Crippen LogP contribution in [0.5, 0.6) is 0 Å². The minimum absolute atomic E-state index is 0.106. The van der Waals surface area contributed by atoms with Gasteiger partial charge in [0.25, 0.3) is 0 Å². The lowest BCUT2D eigenvalue weighted by Gasteiger charge is -2.19. The third kappa shape index (κ3) is 2.01. The Hall–Kier alpha value is -2.09. The van der Waals surface area contributed by atoms with Gasteiger partial charge < -0.3 is 5.11 Å². The molecule has 1 aliphatic carbocycles. The van der Waals surface area contributed by atoms with E-state index in [1.807, 2.05) is 12.1 Å². The fourth-order valence-corrected chi connectivity index (χ4v) is 3.12. The van der Waals surface area contributed by atoms with E-state index in [2.05, 4.69) is 32.0 Å². The second kappa shape index (κ2) is 4.48. The van der Waals surface area contributed by atoms with Gasteiger partial charge in [0.05, 0.1) is 5.56 Å². The molecule has 1 aliphatic rings. The van der Waals surface area contributed by atoms with E-state index in [4.69, 9.17) is 5.11 Å². The van der Waals surface area contributed by atoms with Crippen molar-refractivity contribution in [3.8, 4) is 0 Å². The first-order valence-corrected chi connectivity index (χ1v) is 6.94. The standard InChI is InChI=1S/C18H18O2/c1-12-3-8-16(13(2)11-12)18(9-10-18)15-6-4-14(5-7-15)17(19)20/h3-8,11H,9-10H2,1-2H3,(H,19,20). The van der Waals surface area contributed by atoms with Crippen LogP contribution >= 0.6 is 0 Å². The lowest BCUT2D eigenvalue weighted by molar-refractivity contribution is 0.0697. The van der Waals surface area contributed by atoms with Crippen LogP contribution < -0.4 is 0 Å². The van der Waals surface area contributed by atoms with Crippen molar-refractivity contribution in [3.05, 3.63) is 70.3 Å². The van der Waals surface area contributed by atoms with Gasteiger partial charge in [-0.2, -0.15) is 0 Å². The lowest BCUT2D eigenvalue weighted by Crippen LogP contribution is -2.11. The number of carboxylic acid groups (broad SMARTS) is 1. The molecule has 0 bridgehead atoms. The smallest absolute Gasteiger partial charge is 0.335 e. The maximum absolute atomic E-state index is 10.9. The second-order valence-electron chi connectivity index (χ2n) is 5.78. The van der Waals surface area contributed by atoms with Crippen molar-refractivity contribution in [2.45, 2.75) is 32.1 Å². The summed E-state index contributed by atoms with van der Waals surface area (Å²) >= 11 is 0. The SMILES string of the molecule is Cc1ccc(C2(c3ccc(C(=O)O)cc3)CC2)c(C)c1. The monoisotopic (exact) mass is 266 g/mol. The topological polar surface area (TPSA) is 37.3 Å². The van der Waals surface area contributed by atoms with E-state index in [-0.39, 0.29) is 5.41 Å². The zero-order valence-electron chi connectivity index (χ0n) is 11.8. The molecular weight excluding hydrogens is 248 g/mol. The second-order valence-corrected chi connectivity index (χ2v) is 5.78. The average molecular weight is 266 g/mol. The number of carbonyl (C=O) groups is 1. The summed E-state index contributed by atoms with van der Waals surface area (Å²) in [6.07, 6.45) is 2.28. The number of aromatic carboxylic acids is 1.